The van der Waals surface area contributed by atoms with E-state index in [0.717, 1.165) is 44.9 Å². The summed E-state index contributed by atoms with van der Waals surface area (Å²) in [5.41, 5.74) is 0.342. The maximum atomic E-state index is 13.1. The number of rotatable bonds is 15. The topological polar surface area (TPSA) is 52.6 Å². The Kier molecular flexibility index (Phi) is 15.7. The van der Waals surface area contributed by atoms with Crippen LogP contribution in [0.25, 0.3) is 0 Å². The SMILES string of the molecule is CCCCCCCCOC(=O)c1c(Br)c(Br)c(Br)c(Br)c1C(=O)OCC(CC)CCCC. The van der Waals surface area contributed by atoms with Crippen molar-refractivity contribution in [2.45, 2.75) is 85.0 Å². The number of hydrogen-bond donors (Lipinski definition) is 0. The second kappa shape index (κ2) is 16.7. The zero-order valence-electron chi connectivity index (χ0n) is 19.2. The Morgan fingerprint density at radius 2 is 1.19 bits per heavy atom. The molecule has 1 aromatic rings. The quantitative estimate of drug-likeness (QED) is 0.0790. The van der Waals surface area contributed by atoms with Gasteiger partial charge in [0.1, 0.15) is 0 Å². The number of unbranched alkanes of at least 4 members (excludes halogenated alkanes) is 6. The molecule has 0 aromatic heterocycles. The van der Waals surface area contributed by atoms with Crippen LogP contribution in [0.5, 0.6) is 0 Å². The summed E-state index contributed by atoms with van der Waals surface area (Å²) in [7, 11) is 0. The van der Waals surface area contributed by atoms with Gasteiger partial charge in [0.25, 0.3) is 0 Å². The van der Waals surface area contributed by atoms with Crippen LogP contribution in [0.2, 0.25) is 0 Å². The third-order valence-corrected chi connectivity index (χ3v) is 10.2. The van der Waals surface area contributed by atoms with Crippen LogP contribution in [0.3, 0.4) is 0 Å². The van der Waals surface area contributed by atoms with E-state index in [0.29, 0.717) is 37.0 Å². The van der Waals surface area contributed by atoms with E-state index in [9.17, 15) is 9.59 Å². The molecule has 0 saturated heterocycles. The number of benzene rings is 1. The van der Waals surface area contributed by atoms with Crippen LogP contribution in [0, 0.1) is 5.92 Å². The molecule has 0 bridgehead atoms. The van der Waals surface area contributed by atoms with Crippen molar-refractivity contribution in [1.29, 1.82) is 0 Å². The van der Waals surface area contributed by atoms with Gasteiger partial charge in [-0.05, 0) is 82.5 Å². The lowest BCUT2D eigenvalue weighted by Gasteiger charge is -2.18. The first-order chi connectivity index (χ1) is 15.3. The minimum Gasteiger partial charge on any atom is -0.462 e. The minimum atomic E-state index is -0.538. The van der Waals surface area contributed by atoms with Gasteiger partial charge in [-0.15, -0.1) is 0 Å². The van der Waals surface area contributed by atoms with E-state index in [-0.39, 0.29) is 11.1 Å². The molecule has 1 unspecified atom stereocenters. The van der Waals surface area contributed by atoms with Crippen molar-refractivity contribution in [2.75, 3.05) is 13.2 Å². The predicted molar refractivity (Wildman–Crippen MR) is 144 cm³/mol. The van der Waals surface area contributed by atoms with Crippen molar-refractivity contribution >= 4 is 75.7 Å². The van der Waals surface area contributed by atoms with Crippen LogP contribution in [-0.4, -0.2) is 25.2 Å². The van der Waals surface area contributed by atoms with Crippen molar-refractivity contribution in [2.24, 2.45) is 5.92 Å². The van der Waals surface area contributed by atoms with E-state index < -0.39 is 11.9 Å². The third kappa shape index (κ3) is 9.38. The number of carbonyl (C=O) groups excluding carboxylic acids is 2. The van der Waals surface area contributed by atoms with Crippen molar-refractivity contribution in [3.63, 3.8) is 0 Å². The molecule has 182 valence electrons. The monoisotopic (exact) mass is 702 g/mol. The molecule has 0 amide bonds. The zero-order chi connectivity index (χ0) is 24.1. The highest BCUT2D eigenvalue weighted by Crippen LogP contribution is 2.42. The molecule has 0 saturated carbocycles. The molecule has 0 radical (unpaired) electrons. The molecule has 32 heavy (non-hydrogen) atoms. The molecule has 1 rings (SSSR count). The Morgan fingerprint density at radius 1 is 0.688 bits per heavy atom. The fourth-order valence-electron chi connectivity index (χ4n) is 3.30. The van der Waals surface area contributed by atoms with Crippen LogP contribution in [0.15, 0.2) is 17.9 Å². The summed E-state index contributed by atoms with van der Waals surface area (Å²) in [6, 6.07) is 0. The smallest absolute Gasteiger partial charge is 0.340 e. The first-order valence-corrected chi connectivity index (χ1v) is 14.7. The molecule has 0 fully saturated rings. The van der Waals surface area contributed by atoms with Crippen LogP contribution in [0.1, 0.15) is 106 Å². The van der Waals surface area contributed by atoms with Crippen molar-refractivity contribution in [3.05, 3.63) is 29.0 Å². The third-order valence-electron chi connectivity index (χ3n) is 5.40. The largest absolute Gasteiger partial charge is 0.462 e. The fraction of sp³-hybridized carbons (Fsp3) is 0.667. The molecule has 8 heteroatoms. The predicted octanol–water partition coefficient (Wildman–Crippen LogP) is 9.63. The lowest BCUT2D eigenvalue weighted by atomic mass is 10.0. The highest BCUT2D eigenvalue weighted by atomic mass is 79.9. The lowest BCUT2D eigenvalue weighted by molar-refractivity contribution is 0.0402. The average Bonchev–Trinajstić information content (AvgIpc) is 2.79. The summed E-state index contributed by atoms with van der Waals surface area (Å²) in [4.78, 5) is 26.0. The summed E-state index contributed by atoms with van der Waals surface area (Å²) in [5.74, 6) is -0.764. The highest BCUT2D eigenvalue weighted by molar-refractivity contribution is 9.15. The van der Waals surface area contributed by atoms with Gasteiger partial charge in [0.05, 0.1) is 24.3 Å². The van der Waals surface area contributed by atoms with Crippen LogP contribution >= 0.6 is 63.7 Å². The zero-order valence-corrected chi connectivity index (χ0v) is 25.6. The minimum absolute atomic E-state index is 0.171. The second-order valence-corrected chi connectivity index (χ2v) is 11.1. The Morgan fingerprint density at radius 3 is 1.72 bits per heavy atom. The molecule has 4 nitrogen and oxygen atoms in total. The standard InChI is InChI=1S/C24H34Br4O4/c1-4-7-9-10-11-12-14-31-23(29)17-18(20(26)22(28)21(27)19(17)25)24(30)32-15-16(6-3)13-8-5-2/h16H,4-15H2,1-3H3. The number of ether oxygens (including phenoxy) is 2. The molecule has 1 aromatic carbocycles. The van der Waals surface area contributed by atoms with Crippen LogP contribution in [-0.2, 0) is 9.47 Å². The molecule has 0 heterocycles. The van der Waals surface area contributed by atoms with Crippen molar-refractivity contribution in [1.82, 2.24) is 0 Å². The van der Waals surface area contributed by atoms with E-state index in [4.69, 9.17) is 9.47 Å². The number of carbonyl (C=O) groups is 2. The molecule has 0 spiro atoms. The molecular weight excluding hydrogens is 672 g/mol. The van der Waals surface area contributed by atoms with Gasteiger partial charge < -0.3 is 9.47 Å². The molecular formula is C24H34Br4O4. The number of esters is 2. The van der Waals surface area contributed by atoms with Gasteiger partial charge in [0.15, 0.2) is 0 Å². The molecule has 0 aliphatic rings. The molecule has 0 aliphatic heterocycles. The van der Waals surface area contributed by atoms with Gasteiger partial charge in [-0.3, -0.25) is 0 Å². The number of hydrogen-bond acceptors (Lipinski definition) is 4. The Hall–Kier alpha value is 0.0800. The van der Waals surface area contributed by atoms with Crippen molar-refractivity contribution in [3.8, 4) is 0 Å². The van der Waals surface area contributed by atoms with Gasteiger partial charge in [0, 0.05) is 17.9 Å². The Balaban J connectivity index is 2.96. The maximum absolute atomic E-state index is 13.1. The van der Waals surface area contributed by atoms with Crippen molar-refractivity contribution < 1.29 is 19.1 Å². The second-order valence-electron chi connectivity index (χ2n) is 7.92. The van der Waals surface area contributed by atoms with E-state index >= 15 is 0 Å². The molecule has 1 atom stereocenters. The van der Waals surface area contributed by atoms with Gasteiger partial charge >= 0.3 is 11.9 Å². The molecule has 0 aliphatic carbocycles. The van der Waals surface area contributed by atoms with Gasteiger partial charge in [-0.2, -0.15) is 0 Å². The van der Waals surface area contributed by atoms with Gasteiger partial charge in [-0.25, -0.2) is 9.59 Å². The summed E-state index contributed by atoms with van der Waals surface area (Å²) in [5, 5.41) is 0. The van der Waals surface area contributed by atoms with E-state index in [1.807, 2.05) is 0 Å². The molecule has 0 N–H and O–H groups in total. The van der Waals surface area contributed by atoms with Gasteiger partial charge in [0.2, 0.25) is 0 Å². The van der Waals surface area contributed by atoms with Crippen LogP contribution < -0.4 is 0 Å². The van der Waals surface area contributed by atoms with Crippen LogP contribution in [0.4, 0.5) is 0 Å². The van der Waals surface area contributed by atoms with Gasteiger partial charge in [-0.1, -0.05) is 72.1 Å². The normalized spacial score (nSPS) is 12.0. The first kappa shape index (κ1) is 30.1. The average molecular weight is 706 g/mol. The van der Waals surface area contributed by atoms with E-state index in [1.165, 1.54) is 19.3 Å². The Bertz CT molecular complexity index is 752. The number of halogens is 4. The highest BCUT2D eigenvalue weighted by Gasteiger charge is 2.30. The summed E-state index contributed by atoms with van der Waals surface area (Å²) >= 11 is 13.9. The first-order valence-electron chi connectivity index (χ1n) is 11.5. The summed E-state index contributed by atoms with van der Waals surface area (Å²) < 4.78 is 13.3. The van der Waals surface area contributed by atoms with E-state index in [2.05, 4.69) is 84.5 Å². The Labute approximate surface area is 226 Å². The lowest BCUT2D eigenvalue weighted by Crippen LogP contribution is -2.19. The summed E-state index contributed by atoms with van der Waals surface area (Å²) in [6.45, 7) is 7.09. The van der Waals surface area contributed by atoms with E-state index in [1.54, 1.807) is 0 Å². The fourth-order valence-corrected chi connectivity index (χ4v) is 5.74. The summed E-state index contributed by atoms with van der Waals surface area (Å²) in [6.07, 6.45) is 10.8. The maximum Gasteiger partial charge on any atom is 0.340 e.